The van der Waals surface area contributed by atoms with E-state index in [-0.39, 0.29) is 29.2 Å². The average molecular weight is 402 g/mol. The molecule has 0 radical (unpaired) electrons. The molecule has 0 saturated heterocycles. The van der Waals surface area contributed by atoms with E-state index in [1.54, 1.807) is 9.58 Å². The van der Waals surface area contributed by atoms with E-state index < -0.39 is 5.97 Å². The smallest absolute Gasteiger partial charge is 0.341 e. The van der Waals surface area contributed by atoms with Crippen LogP contribution in [0.3, 0.4) is 0 Å². The lowest BCUT2D eigenvalue weighted by atomic mass is 9.82. The van der Waals surface area contributed by atoms with Crippen molar-refractivity contribution in [2.45, 2.75) is 84.6 Å². The summed E-state index contributed by atoms with van der Waals surface area (Å²) in [4.78, 5) is 26.8. The highest BCUT2D eigenvalue weighted by molar-refractivity contribution is 6.01. The maximum absolute atomic E-state index is 13.3. The molecule has 1 N–H and O–H groups in total. The maximum atomic E-state index is 13.3. The van der Waals surface area contributed by atoms with Crippen LogP contribution in [-0.2, 0) is 4.79 Å². The summed E-state index contributed by atoms with van der Waals surface area (Å²) in [5.74, 6) is 0.369. The first-order valence-electron chi connectivity index (χ1n) is 11.2. The number of carboxylic acids is 1. The zero-order valence-corrected chi connectivity index (χ0v) is 18.0. The Morgan fingerprint density at radius 3 is 2.38 bits per heavy atom. The van der Waals surface area contributed by atoms with Crippen molar-refractivity contribution in [3.05, 3.63) is 17.8 Å². The van der Waals surface area contributed by atoms with E-state index in [9.17, 15) is 14.7 Å². The van der Waals surface area contributed by atoms with Crippen molar-refractivity contribution in [2.24, 2.45) is 17.8 Å². The lowest BCUT2D eigenvalue weighted by Crippen LogP contribution is -2.43. The zero-order chi connectivity index (χ0) is 21.0. The van der Waals surface area contributed by atoms with E-state index in [2.05, 4.69) is 18.1 Å². The third-order valence-corrected chi connectivity index (χ3v) is 6.45. The third-order valence-electron chi connectivity index (χ3n) is 6.45. The standard InChI is InChI=1S/C23H35N3O3/c1-16(2)26(22(27)19-11-9-17(3)10-12-19)21-20(23(28)29)15-25(24-21)14-13-18-7-5-4-6-8-18/h13-19H,4-12H2,1-3H3,(H,28,29). The summed E-state index contributed by atoms with van der Waals surface area (Å²) in [5, 5.41) is 14.3. The van der Waals surface area contributed by atoms with Gasteiger partial charge in [-0.1, -0.05) is 32.3 Å². The van der Waals surface area contributed by atoms with E-state index in [1.807, 2.05) is 20.0 Å². The Labute approximate surface area is 174 Å². The lowest BCUT2D eigenvalue weighted by Gasteiger charge is -2.32. The monoisotopic (exact) mass is 401 g/mol. The average Bonchev–Trinajstić information content (AvgIpc) is 3.11. The fraction of sp³-hybridized carbons (Fsp3) is 0.696. The normalized spacial score (nSPS) is 23.6. The number of carbonyl (C=O) groups is 2. The first-order chi connectivity index (χ1) is 13.9. The number of amides is 1. The molecule has 6 heteroatoms. The third kappa shape index (κ3) is 5.28. The molecule has 0 aliphatic heterocycles. The molecule has 0 aromatic carbocycles. The molecule has 29 heavy (non-hydrogen) atoms. The number of nitrogens with zero attached hydrogens (tertiary/aromatic N) is 3. The first kappa shape index (κ1) is 21.6. The molecule has 0 bridgehead atoms. The van der Waals surface area contributed by atoms with E-state index in [0.29, 0.717) is 11.8 Å². The number of allylic oxidation sites excluding steroid dienone is 1. The maximum Gasteiger partial charge on any atom is 0.341 e. The number of rotatable bonds is 6. The van der Waals surface area contributed by atoms with Crippen LogP contribution in [0.15, 0.2) is 12.3 Å². The number of aromatic carboxylic acids is 1. The summed E-state index contributed by atoms with van der Waals surface area (Å²) in [6.45, 7) is 6.07. The fourth-order valence-electron chi connectivity index (χ4n) is 4.63. The number of hydrogen-bond donors (Lipinski definition) is 1. The van der Waals surface area contributed by atoms with Gasteiger partial charge in [-0.05, 0) is 64.2 Å². The molecule has 0 unspecified atom stereocenters. The number of carboxylic acid groups (broad SMARTS) is 1. The molecule has 2 aliphatic rings. The van der Waals surface area contributed by atoms with Crippen molar-refractivity contribution in [1.82, 2.24) is 9.78 Å². The summed E-state index contributed by atoms with van der Waals surface area (Å²) >= 11 is 0. The summed E-state index contributed by atoms with van der Waals surface area (Å²) < 4.78 is 1.57. The van der Waals surface area contributed by atoms with Crippen LogP contribution in [0.4, 0.5) is 5.82 Å². The van der Waals surface area contributed by atoms with Crippen LogP contribution >= 0.6 is 0 Å². The molecule has 1 aromatic heterocycles. The molecule has 3 rings (SSSR count). The minimum atomic E-state index is -1.05. The van der Waals surface area contributed by atoms with Gasteiger partial charge in [-0.25, -0.2) is 9.48 Å². The molecule has 0 spiro atoms. The second kappa shape index (κ2) is 9.59. The molecular formula is C23H35N3O3. The minimum absolute atomic E-state index is 0.0101. The van der Waals surface area contributed by atoms with Crippen molar-refractivity contribution < 1.29 is 14.7 Å². The Kier molecular flexibility index (Phi) is 7.14. The number of anilines is 1. The lowest BCUT2D eigenvalue weighted by molar-refractivity contribution is -0.123. The van der Waals surface area contributed by atoms with Gasteiger partial charge in [0.05, 0.1) is 0 Å². The Bertz CT molecular complexity index is 739. The Hall–Kier alpha value is -2.11. The second-order valence-corrected chi connectivity index (χ2v) is 9.15. The van der Waals surface area contributed by atoms with Crippen LogP contribution in [-0.4, -0.2) is 32.8 Å². The fourth-order valence-corrected chi connectivity index (χ4v) is 4.63. The number of carbonyl (C=O) groups excluding carboxylic acids is 1. The minimum Gasteiger partial charge on any atom is -0.477 e. The van der Waals surface area contributed by atoms with Crippen LogP contribution in [0.25, 0.3) is 6.20 Å². The van der Waals surface area contributed by atoms with Crippen LogP contribution in [0.2, 0.25) is 0 Å². The zero-order valence-electron chi connectivity index (χ0n) is 18.0. The summed E-state index contributed by atoms with van der Waals surface area (Å²) in [6, 6.07) is -0.148. The van der Waals surface area contributed by atoms with E-state index >= 15 is 0 Å². The highest BCUT2D eigenvalue weighted by Crippen LogP contribution is 2.32. The molecule has 1 amide bonds. The Morgan fingerprint density at radius 2 is 1.79 bits per heavy atom. The Balaban J connectivity index is 1.84. The van der Waals surface area contributed by atoms with Gasteiger partial charge in [0.2, 0.25) is 5.91 Å². The van der Waals surface area contributed by atoms with E-state index in [0.717, 1.165) is 25.7 Å². The van der Waals surface area contributed by atoms with E-state index in [4.69, 9.17) is 0 Å². The van der Waals surface area contributed by atoms with Gasteiger partial charge in [-0.2, -0.15) is 0 Å². The quantitative estimate of drug-likeness (QED) is 0.711. The van der Waals surface area contributed by atoms with Crippen molar-refractivity contribution in [1.29, 1.82) is 0 Å². The predicted octanol–water partition coefficient (Wildman–Crippen LogP) is 5.20. The van der Waals surface area contributed by atoms with Gasteiger partial charge < -0.3 is 5.11 Å². The Morgan fingerprint density at radius 1 is 1.14 bits per heavy atom. The highest BCUT2D eigenvalue weighted by atomic mass is 16.4. The van der Waals surface area contributed by atoms with Gasteiger partial charge in [0.15, 0.2) is 5.82 Å². The van der Waals surface area contributed by atoms with Crippen molar-refractivity contribution in [3.8, 4) is 0 Å². The largest absolute Gasteiger partial charge is 0.477 e. The SMILES string of the molecule is CC1CCC(C(=O)N(c2nn(C=CC3CCCCC3)cc2C(=O)O)C(C)C)CC1. The van der Waals surface area contributed by atoms with Gasteiger partial charge in [-0.15, -0.1) is 5.10 Å². The van der Waals surface area contributed by atoms with E-state index in [1.165, 1.54) is 38.3 Å². The first-order valence-corrected chi connectivity index (χ1v) is 11.2. The summed E-state index contributed by atoms with van der Waals surface area (Å²) in [6.07, 6.45) is 15.5. The summed E-state index contributed by atoms with van der Waals surface area (Å²) in [7, 11) is 0. The molecule has 2 fully saturated rings. The van der Waals surface area contributed by atoms with Crippen LogP contribution in [0, 0.1) is 17.8 Å². The van der Waals surface area contributed by atoms with Crippen molar-refractivity contribution in [2.75, 3.05) is 4.90 Å². The van der Waals surface area contributed by atoms with Gasteiger partial charge >= 0.3 is 5.97 Å². The summed E-state index contributed by atoms with van der Waals surface area (Å²) in [5.41, 5.74) is 0.0875. The molecule has 6 nitrogen and oxygen atoms in total. The van der Waals surface area contributed by atoms with Crippen LogP contribution in [0.1, 0.15) is 88.9 Å². The van der Waals surface area contributed by atoms with Gasteiger partial charge in [-0.3, -0.25) is 9.69 Å². The topological polar surface area (TPSA) is 75.4 Å². The molecule has 0 atom stereocenters. The predicted molar refractivity (Wildman–Crippen MR) is 115 cm³/mol. The molecule has 1 heterocycles. The van der Waals surface area contributed by atoms with Gasteiger partial charge in [0.1, 0.15) is 5.56 Å². The molecule has 2 aliphatic carbocycles. The highest BCUT2D eigenvalue weighted by Gasteiger charge is 2.33. The van der Waals surface area contributed by atoms with Crippen molar-refractivity contribution in [3.63, 3.8) is 0 Å². The van der Waals surface area contributed by atoms with Crippen molar-refractivity contribution >= 4 is 23.9 Å². The van der Waals surface area contributed by atoms with Gasteiger partial charge in [0, 0.05) is 24.4 Å². The number of hydrogen-bond acceptors (Lipinski definition) is 3. The molecule has 2 saturated carbocycles. The molecule has 160 valence electrons. The van der Waals surface area contributed by atoms with Crippen LogP contribution in [0.5, 0.6) is 0 Å². The molecular weight excluding hydrogens is 366 g/mol. The second-order valence-electron chi connectivity index (χ2n) is 9.15. The molecule has 1 aromatic rings. The van der Waals surface area contributed by atoms with Crippen LogP contribution < -0.4 is 4.90 Å². The van der Waals surface area contributed by atoms with Gasteiger partial charge in [0.25, 0.3) is 0 Å². The number of aromatic nitrogens is 2.